The molecule has 0 saturated heterocycles. The van der Waals surface area contributed by atoms with Crippen molar-refractivity contribution in [2.24, 2.45) is 5.92 Å². The molecule has 2 aromatic rings. The number of amides is 2. The molecule has 1 atom stereocenters. The summed E-state index contributed by atoms with van der Waals surface area (Å²) >= 11 is 0. The number of hydrogen-bond acceptors (Lipinski definition) is 3. The third kappa shape index (κ3) is 5.59. The molecular weight excluding hydrogens is 338 g/mol. The normalized spacial score (nSPS) is 11.2. The lowest BCUT2D eigenvalue weighted by atomic mass is 10.0. The second kappa shape index (κ2) is 9.81. The highest BCUT2D eigenvalue weighted by atomic mass is 35.5. The summed E-state index contributed by atoms with van der Waals surface area (Å²) in [5.74, 6) is -0.428. The van der Waals surface area contributed by atoms with Gasteiger partial charge in [-0.3, -0.25) is 9.59 Å². The maximum atomic E-state index is 12.5. The number of benzene rings is 2. The fourth-order valence-electron chi connectivity index (χ4n) is 2.39. The van der Waals surface area contributed by atoms with Gasteiger partial charge in [0, 0.05) is 29.4 Å². The Bertz CT molecular complexity index is 720. The van der Waals surface area contributed by atoms with Gasteiger partial charge in [0.1, 0.15) is 0 Å². The van der Waals surface area contributed by atoms with Crippen molar-refractivity contribution >= 4 is 35.6 Å². The van der Waals surface area contributed by atoms with Gasteiger partial charge in [0.05, 0.1) is 0 Å². The predicted molar refractivity (Wildman–Crippen MR) is 105 cm³/mol. The highest BCUT2D eigenvalue weighted by Crippen LogP contribution is 2.21. The second-order valence-electron chi connectivity index (χ2n) is 5.75. The van der Waals surface area contributed by atoms with Crippen LogP contribution in [0.15, 0.2) is 48.5 Å². The van der Waals surface area contributed by atoms with Crippen LogP contribution in [0.3, 0.4) is 0 Å². The van der Waals surface area contributed by atoms with Crippen LogP contribution in [0, 0.1) is 12.8 Å². The monoisotopic (exact) mass is 361 g/mol. The van der Waals surface area contributed by atoms with Gasteiger partial charge in [-0.05, 0) is 43.8 Å². The van der Waals surface area contributed by atoms with E-state index in [0.717, 1.165) is 11.3 Å². The molecule has 2 amide bonds. The Hall–Kier alpha value is -2.37. The number of para-hydroxylation sites is 1. The highest BCUT2D eigenvalue weighted by Gasteiger charge is 2.16. The molecule has 0 fully saturated rings. The van der Waals surface area contributed by atoms with Crippen molar-refractivity contribution < 1.29 is 9.59 Å². The molecule has 2 rings (SSSR count). The van der Waals surface area contributed by atoms with Crippen LogP contribution in [-0.2, 0) is 4.79 Å². The summed E-state index contributed by atoms with van der Waals surface area (Å²) < 4.78 is 0. The zero-order valence-corrected chi connectivity index (χ0v) is 15.4. The molecule has 0 aliphatic rings. The Balaban J connectivity index is 0.00000312. The van der Waals surface area contributed by atoms with E-state index in [1.54, 1.807) is 18.2 Å². The van der Waals surface area contributed by atoms with Crippen LogP contribution in [0.2, 0.25) is 0 Å². The van der Waals surface area contributed by atoms with E-state index in [2.05, 4.69) is 16.0 Å². The maximum Gasteiger partial charge on any atom is 0.256 e. The summed E-state index contributed by atoms with van der Waals surface area (Å²) in [7, 11) is 1.81. The van der Waals surface area contributed by atoms with Crippen molar-refractivity contribution in [2.75, 3.05) is 24.2 Å². The predicted octanol–water partition coefficient (Wildman–Crippen LogP) is 3.46. The Morgan fingerprint density at radius 2 is 1.68 bits per heavy atom. The van der Waals surface area contributed by atoms with E-state index >= 15 is 0 Å². The molecule has 25 heavy (non-hydrogen) atoms. The van der Waals surface area contributed by atoms with Crippen LogP contribution in [-0.4, -0.2) is 25.4 Å². The third-order valence-corrected chi connectivity index (χ3v) is 3.83. The minimum absolute atomic E-state index is 0. The van der Waals surface area contributed by atoms with Gasteiger partial charge < -0.3 is 16.0 Å². The van der Waals surface area contributed by atoms with Gasteiger partial charge in [0.15, 0.2) is 0 Å². The Morgan fingerprint density at radius 1 is 1.00 bits per heavy atom. The first-order valence-corrected chi connectivity index (χ1v) is 7.94. The molecule has 0 bridgehead atoms. The Labute approximate surface area is 154 Å². The van der Waals surface area contributed by atoms with Gasteiger partial charge in [0.2, 0.25) is 5.91 Å². The van der Waals surface area contributed by atoms with Crippen LogP contribution in [0.5, 0.6) is 0 Å². The fourth-order valence-corrected chi connectivity index (χ4v) is 2.39. The number of hydrogen-bond donors (Lipinski definition) is 3. The minimum Gasteiger partial charge on any atom is -0.326 e. The number of nitrogens with one attached hydrogen (secondary N) is 3. The minimum atomic E-state index is -0.196. The first-order chi connectivity index (χ1) is 11.5. The first-order valence-electron chi connectivity index (χ1n) is 7.94. The van der Waals surface area contributed by atoms with Crippen molar-refractivity contribution in [1.82, 2.24) is 5.32 Å². The number of halogens is 1. The molecule has 3 N–H and O–H groups in total. The molecule has 0 radical (unpaired) electrons. The Kier molecular flexibility index (Phi) is 8.11. The third-order valence-electron chi connectivity index (χ3n) is 3.83. The molecule has 2 aromatic carbocycles. The molecule has 0 aliphatic heterocycles. The zero-order chi connectivity index (χ0) is 17.5. The summed E-state index contributed by atoms with van der Waals surface area (Å²) in [4.78, 5) is 24.7. The average molecular weight is 362 g/mol. The van der Waals surface area contributed by atoms with E-state index in [9.17, 15) is 9.59 Å². The topological polar surface area (TPSA) is 70.2 Å². The van der Waals surface area contributed by atoms with Crippen LogP contribution >= 0.6 is 12.4 Å². The number of rotatable bonds is 6. The van der Waals surface area contributed by atoms with Gasteiger partial charge in [-0.2, -0.15) is 0 Å². The van der Waals surface area contributed by atoms with Crippen molar-refractivity contribution in [3.63, 3.8) is 0 Å². The molecule has 134 valence electrons. The summed E-state index contributed by atoms with van der Waals surface area (Å²) in [5.41, 5.74) is 2.68. The lowest BCUT2D eigenvalue weighted by Crippen LogP contribution is -2.29. The molecule has 0 saturated carbocycles. The van der Waals surface area contributed by atoms with Gasteiger partial charge in [-0.15, -0.1) is 12.4 Å². The van der Waals surface area contributed by atoms with E-state index in [-0.39, 0.29) is 30.1 Å². The van der Waals surface area contributed by atoms with Crippen molar-refractivity contribution in [3.8, 4) is 0 Å². The van der Waals surface area contributed by atoms with Crippen LogP contribution in [0.25, 0.3) is 0 Å². The summed E-state index contributed by atoms with van der Waals surface area (Å²) in [6, 6.07) is 14.6. The molecule has 0 aliphatic carbocycles. The largest absolute Gasteiger partial charge is 0.326 e. The highest BCUT2D eigenvalue weighted by molar-refractivity contribution is 6.06. The van der Waals surface area contributed by atoms with Gasteiger partial charge in [-0.25, -0.2) is 0 Å². The maximum absolute atomic E-state index is 12.5. The van der Waals surface area contributed by atoms with E-state index in [1.807, 2.05) is 51.2 Å². The molecule has 1 unspecified atom stereocenters. The van der Waals surface area contributed by atoms with Crippen molar-refractivity contribution in [1.29, 1.82) is 0 Å². The number of anilines is 2. The van der Waals surface area contributed by atoms with E-state index in [4.69, 9.17) is 0 Å². The standard InChI is InChI=1S/C19H23N3O2.ClH/c1-13(12-20-3)18(23)22-17-11-7-10-16(14(17)2)19(24)21-15-8-5-4-6-9-15;/h4-11,13,20H,12H2,1-3H3,(H,21,24)(H,22,23);1H. The molecule has 0 aromatic heterocycles. The second-order valence-corrected chi connectivity index (χ2v) is 5.75. The van der Waals surface area contributed by atoms with E-state index < -0.39 is 0 Å². The first kappa shape index (κ1) is 20.7. The number of carbonyl (C=O) groups excluding carboxylic acids is 2. The lowest BCUT2D eigenvalue weighted by molar-refractivity contribution is -0.119. The lowest BCUT2D eigenvalue weighted by Gasteiger charge is -2.15. The van der Waals surface area contributed by atoms with E-state index in [0.29, 0.717) is 17.8 Å². The smallest absolute Gasteiger partial charge is 0.256 e. The van der Waals surface area contributed by atoms with Crippen LogP contribution in [0.1, 0.15) is 22.8 Å². The van der Waals surface area contributed by atoms with Gasteiger partial charge in [0.25, 0.3) is 5.91 Å². The summed E-state index contributed by atoms with van der Waals surface area (Å²) in [5, 5.41) is 8.74. The molecular formula is C19H24ClN3O2. The fraction of sp³-hybridized carbons (Fsp3) is 0.263. The van der Waals surface area contributed by atoms with Crippen molar-refractivity contribution in [2.45, 2.75) is 13.8 Å². The summed E-state index contributed by atoms with van der Waals surface area (Å²) in [6.45, 7) is 4.28. The van der Waals surface area contributed by atoms with Gasteiger partial charge >= 0.3 is 0 Å². The quantitative estimate of drug-likeness (QED) is 0.737. The molecule has 0 spiro atoms. The van der Waals surface area contributed by atoms with Crippen LogP contribution in [0.4, 0.5) is 11.4 Å². The summed E-state index contributed by atoms with van der Waals surface area (Å²) in [6.07, 6.45) is 0. The zero-order valence-electron chi connectivity index (χ0n) is 14.6. The van der Waals surface area contributed by atoms with Crippen molar-refractivity contribution in [3.05, 3.63) is 59.7 Å². The SMILES string of the molecule is CNCC(C)C(=O)Nc1cccc(C(=O)Nc2ccccc2)c1C.Cl. The number of carbonyl (C=O) groups is 2. The van der Waals surface area contributed by atoms with E-state index in [1.165, 1.54) is 0 Å². The Morgan fingerprint density at radius 3 is 2.32 bits per heavy atom. The molecule has 0 heterocycles. The van der Waals surface area contributed by atoms with Gasteiger partial charge in [-0.1, -0.05) is 31.2 Å². The van der Waals surface area contributed by atoms with Crippen LogP contribution < -0.4 is 16.0 Å². The molecule has 6 heteroatoms. The average Bonchev–Trinajstić information content (AvgIpc) is 2.57. The molecule has 5 nitrogen and oxygen atoms in total.